The topological polar surface area (TPSA) is 99.9 Å². The highest BCUT2D eigenvalue weighted by Gasteiger charge is 2.21. The number of alkyl halides is 2. The van der Waals surface area contributed by atoms with Crippen molar-refractivity contribution in [3.05, 3.63) is 35.6 Å². The van der Waals surface area contributed by atoms with Crippen molar-refractivity contribution < 1.29 is 37.1 Å². The van der Waals surface area contributed by atoms with E-state index in [1.54, 1.807) is 6.92 Å². The zero-order chi connectivity index (χ0) is 19.3. The van der Waals surface area contributed by atoms with Crippen molar-refractivity contribution in [3.63, 3.8) is 0 Å². The van der Waals surface area contributed by atoms with Crippen LogP contribution in [0.15, 0.2) is 28.8 Å². The lowest BCUT2D eigenvalue weighted by Crippen LogP contribution is -2.30. The summed E-state index contributed by atoms with van der Waals surface area (Å²) in [5.74, 6) is -1.07. The van der Waals surface area contributed by atoms with Gasteiger partial charge in [-0.25, -0.2) is 4.79 Å². The predicted octanol–water partition coefficient (Wildman–Crippen LogP) is 2.78. The van der Waals surface area contributed by atoms with Gasteiger partial charge in [-0.15, -0.1) is 0 Å². The number of anilines is 1. The Balaban J connectivity index is 2.02. The Bertz CT molecular complexity index is 793. The second-order valence-electron chi connectivity index (χ2n) is 5.10. The number of aryl methyl sites for hydroxylation is 1. The van der Waals surface area contributed by atoms with E-state index in [2.05, 4.69) is 15.2 Å². The molecule has 1 N–H and O–H groups in total. The molecule has 1 atom stereocenters. The molecule has 1 aromatic carbocycles. The van der Waals surface area contributed by atoms with E-state index in [-0.39, 0.29) is 22.9 Å². The van der Waals surface area contributed by atoms with E-state index in [0.29, 0.717) is 5.76 Å². The molecule has 0 saturated carbocycles. The van der Waals surface area contributed by atoms with E-state index >= 15 is 0 Å². The average molecular weight is 370 g/mol. The Morgan fingerprint density at radius 1 is 1.23 bits per heavy atom. The van der Waals surface area contributed by atoms with Crippen LogP contribution in [0.5, 0.6) is 11.5 Å². The van der Waals surface area contributed by atoms with Gasteiger partial charge in [-0.1, -0.05) is 5.16 Å². The first kappa shape index (κ1) is 19.2. The van der Waals surface area contributed by atoms with Gasteiger partial charge in [0, 0.05) is 6.07 Å². The molecule has 0 aliphatic carbocycles. The number of carbonyl (C=O) groups is 2. The molecule has 0 bridgehead atoms. The first-order valence-electron chi connectivity index (χ1n) is 7.38. The number of benzene rings is 1. The first-order chi connectivity index (χ1) is 12.3. The average Bonchev–Trinajstić information content (AvgIpc) is 2.99. The molecule has 0 fully saturated rings. The van der Waals surface area contributed by atoms with Gasteiger partial charge < -0.3 is 24.1 Å². The maximum atomic E-state index is 12.3. The monoisotopic (exact) mass is 370 g/mol. The molecule has 2 rings (SSSR count). The minimum Gasteiger partial charge on any atom is -0.493 e. The van der Waals surface area contributed by atoms with Crippen molar-refractivity contribution >= 4 is 17.7 Å². The summed E-state index contributed by atoms with van der Waals surface area (Å²) in [5.41, 5.74) is 0.000367. The minimum absolute atomic E-state index is 0.000367. The third-order valence-electron chi connectivity index (χ3n) is 3.15. The number of aromatic nitrogens is 1. The zero-order valence-electron chi connectivity index (χ0n) is 14.1. The molecule has 140 valence electrons. The molecule has 10 heteroatoms. The maximum absolute atomic E-state index is 12.3. The number of esters is 1. The number of carbonyl (C=O) groups excluding carboxylic acids is 2. The summed E-state index contributed by atoms with van der Waals surface area (Å²) in [5, 5.41) is 6.02. The van der Waals surface area contributed by atoms with E-state index in [1.807, 2.05) is 0 Å². The van der Waals surface area contributed by atoms with Gasteiger partial charge in [-0.05, 0) is 32.0 Å². The van der Waals surface area contributed by atoms with Gasteiger partial charge in [0.2, 0.25) is 0 Å². The quantitative estimate of drug-likeness (QED) is 0.748. The summed E-state index contributed by atoms with van der Waals surface area (Å²) >= 11 is 0. The minimum atomic E-state index is -3.04. The summed E-state index contributed by atoms with van der Waals surface area (Å²) in [6, 6.07) is 5.03. The molecular formula is C16H16F2N2O6. The standard InChI is InChI=1S/C16H16F2N2O6/c1-8-6-13(20-26-8)19-14(21)9(2)24-15(22)10-4-5-11(25-16(17)18)12(7-10)23-3/h4-7,9,16H,1-3H3,(H,19,20,21)/t9-/m0/s1. The third-order valence-corrected chi connectivity index (χ3v) is 3.15. The zero-order valence-corrected chi connectivity index (χ0v) is 14.1. The van der Waals surface area contributed by atoms with Crippen LogP contribution in [0.4, 0.5) is 14.6 Å². The van der Waals surface area contributed by atoms with Crippen molar-refractivity contribution in [2.24, 2.45) is 0 Å². The lowest BCUT2D eigenvalue weighted by Gasteiger charge is -2.14. The number of methoxy groups -OCH3 is 1. The number of nitrogens with one attached hydrogen (secondary N) is 1. The summed E-state index contributed by atoms with van der Waals surface area (Å²) in [6.45, 7) is -0.0161. The van der Waals surface area contributed by atoms with Crippen LogP contribution in [0.1, 0.15) is 23.0 Å². The van der Waals surface area contributed by atoms with Crippen molar-refractivity contribution in [3.8, 4) is 11.5 Å². The van der Waals surface area contributed by atoms with Crippen LogP contribution in [-0.4, -0.2) is 36.9 Å². The number of hydrogen-bond donors (Lipinski definition) is 1. The van der Waals surface area contributed by atoms with E-state index in [1.165, 1.54) is 32.2 Å². The smallest absolute Gasteiger partial charge is 0.387 e. The number of nitrogens with zero attached hydrogens (tertiary/aromatic N) is 1. The molecule has 26 heavy (non-hydrogen) atoms. The van der Waals surface area contributed by atoms with Gasteiger partial charge in [0.25, 0.3) is 5.91 Å². The van der Waals surface area contributed by atoms with Crippen LogP contribution >= 0.6 is 0 Å². The number of ether oxygens (including phenoxy) is 3. The fraction of sp³-hybridized carbons (Fsp3) is 0.312. The summed E-state index contributed by atoms with van der Waals surface area (Å²) < 4.78 is 43.7. The van der Waals surface area contributed by atoms with Crippen LogP contribution in [0.2, 0.25) is 0 Å². The largest absolute Gasteiger partial charge is 0.493 e. The number of amides is 1. The van der Waals surface area contributed by atoms with Gasteiger partial charge in [-0.3, -0.25) is 4.79 Å². The highest BCUT2D eigenvalue weighted by molar-refractivity contribution is 5.97. The number of halogens is 2. The molecule has 2 aromatic rings. The van der Waals surface area contributed by atoms with Gasteiger partial charge in [0.1, 0.15) is 5.76 Å². The fourth-order valence-electron chi connectivity index (χ4n) is 1.92. The van der Waals surface area contributed by atoms with Gasteiger partial charge in [0.15, 0.2) is 23.4 Å². The fourth-order valence-corrected chi connectivity index (χ4v) is 1.92. The van der Waals surface area contributed by atoms with E-state index in [0.717, 1.165) is 6.07 Å². The van der Waals surface area contributed by atoms with E-state index in [4.69, 9.17) is 14.0 Å². The predicted molar refractivity (Wildman–Crippen MR) is 84.4 cm³/mol. The van der Waals surface area contributed by atoms with Crippen molar-refractivity contribution in [1.82, 2.24) is 5.16 Å². The third kappa shape index (κ3) is 4.91. The molecule has 1 aromatic heterocycles. The molecule has 0 aliphatic heterocycles. The highest BCUT2D eigenvalue weighted by atomic mass is 19.3. The van der Waals surface area contributed by atoms with E-state index < -0.39 is 24.6 Å². The summed E-state index contributed by atoms with van der Waals surface area (Å²) in [6.07, 6.45) is -1.14. The van der Waals surface area contributed by atoms with Crippen molar-refractivity contribution in [2.45, 2.75) is 26.6 Å². The Morgan fingerprint density at radius 3 is 2.54 bits per heavy atom. The molecule has 0 aliphatic rings. The van der Waals surface area contributed by atoms with Crippen LogP contribution in [0.3, 0.4) is 0 Å². The van der Waals surface area contributed by atoms with Gasteiger partial charge in [-0.2, -0.15) is 8.78 Å². The Morgan fingerprint density at radius 2 is 1.96 bits per heavy atom. The molecule has 0 saturated heterocycles. The molecule has 0 radical (unpaired) electrons. The normalized spacial score (nSPS) is 11.8. The molecule has 1 amide bonds. The second-order valence-corrected chi connectivity index (χ2v) is 5.10. The van der Waals surface area contributed by atoms with Crippen molar-refractivity contribution in [2.75, 3.05) is 12.4 Å². The van der Waals surface area contributed by atoms with Crippen LogP contribution in [0, 0.1) is 6.92 Å². The van der Waals surface area contributed by atoms with Crippen LogP contribution in [0.25, 0.3) is 0 Å². The maximum Gasteiger partial charge on any atom is 0.387 e. The molecule has 0 spiro atoms. The first-order valence-corrected chi connectivity index (χ1v) is 7.38. The van der Waals surface area contributed by atoms with Crippen LogP contribution in [-0.2, 0) is 9.53 Å². The molecule has 8 nitrogen and oxygen atoms in total. The Labute approximate surface area is 147 Å². The Hall–Kier alpha value is -3.17. The highest BCUT2D eigenvalue weighted by Crippen LogP contribution is 2.29. The van der Waals surface area contributed by atoms with Crippen LogP contribution < -0.4 is 14.8 Å². The van der Waals surface area contributed by atoms with Gasteiger partial charge >= 0.3 is 12.6 Å². The van der Waals surface area contributed by atoms with E-state index in [9.17, 15) is 18.4 Å². The summed E-state index contributed by atoms with van der Waals surface area (Å²) in [4.78, 5) is 24.1. The number of rotatable bonds is 7. The Kier molecular flexibility index (Phi) is 6.10. The molecule has 1 heterocycles. The lowest BCUT2D eigenvalue weighted by atomic mass is 10.2. The van der Waals surface area contributed by atoms with Gasteiger partial charge in [0.05, 0.1) is 12.7 Å². The second kappa shape index (κ2) is 8.28. The summed E-state index contributed by atoms with van der Waals surface area (Å²) in [7, 11) is 1.23. The molecular weight excluding hydrogens is 354 g/mol. The number of hydrogen-bond acceptors (Lipinski definition) is 7. The lowest BCUT2D eigenvalue weighted by molar-refractivity contribution is -0.123. The molecule has 0 unspecified atom stereocenters. The SMILES string of the molecule is COc1cc(C(=O)O[C@@H](C)C(=O)Nc2cc(C)on2)ccc1OC(F)F. The van der Waals surface area contributed by atoms with Crippen molar-refractivity contribution in [1.29, 1.82) is 0 Å².